The summed E-state index contributed by atoms with van der Waals surface area (Å²) in [5.41, 5.74) is 0.559. The first-order valence-corrected chi connectivity index (χ1v) is 15.8. The second-order valence-electron chi connectivity index (χ2n) is 10.2. The van der Waals surface area contributed by atoms with Gasteiger partial charge in [-0.3, -0.25) is 13.9 Å². The standard InChI is InChI=1S/C34H35F2N3O4S/c1-2-3-22-37-34(41)32(23-26-14-6-4-7-15-26)38(24-27-16-10-11-19-29(27)35)33(40)25-39(31-21-13-12-20-30(31)36)44(42,43)28-17-8-5-9-18-28/h4-21,32H,2-3,22-25H2,1H3,(H,37,41)/t32-/m1/s1. The number of hydrogen-bond donors (Lipinski definition) is 1. The molecule has 1 N–H and O–H groups in total. The molecule has 44 heavy (non-hydrogen) atoms. The molecule has 0 saturated carbocycles. The van der Waals surface area contributed by atoms with E-state index in [1.54, 1.807) is 24.3 Å². The van der Waals surface area contributed by atoms with E-state index < -0.39 is 46.1 Å². The summed E-state index contributed by atoms with van der Waals surface area (Å²) in [6.07, 6.45) is 1.63. The minimum atomic E-state index is -4.44. The topological polar surface area (TPSA) is 86.8 Å². The van der Waals surface area contributed by atoms with E-state index >= 15 is 4.39 Å². The molecule has 1 atom stereocenters. The van der Waals surface area contributed by atoms with Crippen LogP contribution in [-0.4, -0.2) is 44.3 Å². The molecule has 0 aliphatic carbocycles. The van der Waals surface area contributed by atoms with Gasteiger partial charge in [-0.25, -0.2) is 17.2 Å². The number of nitrogens with one attached hydrogen (secondary N) is 1. The lowest BCUT2D eigenvalue weighted by atomic mass is 10.0. The molecule has 0 saturated heterocycles. The molecule has 0 bridgehead atoms. The number of unbranched alkanes of at least 4 members (excludes halogenated alkanes) is 1. The quantitative estimate of drug-likeness (QED) is 0.183. The van der Waals surface area contributed by atoms with Crippen LogP contribution in [0.5, 0.6) is 0 Å². The second-order valence-corrected chi connectivity index (χ2v) is 12.1. The second kappa shape index (κ2) is 15.2. The van der Waals surface area contributed by atoms with Crippen LogP contribution >= 0.6 is 0 Å². The monoisotopic (exact) mass is 619 g/mol. The zero-order valence-electron chi connectivity index (χ0n) is 24.4. The van der Waals surface area contributed by atoms with Gasteiger partial charge in [-0.1, -0.05) is 92.2 Å². The van der Waals surface area contributed by atoms with Crippen LogP contribution in [0, 0.1) is 11.6 Å². The number of benzene rings is 4. The predicted molar refractivity (Wildman–Crippen MR) is 166 cm³/mol. The summed E-state index contributed by atoms with van der Waals surface area (Å²) < 4.78 is 58.5. The lowest BCUT2D eigenvalue weighted by molar-refractivity contribution is -0.140. The largest absolute Gasteiger partial charge is 0.354 e. The molecular weight excluding hydrogens is 584 g/mol. The molecule has 0 fully saturated rings. The molecule has 0 aliphatic rings. The van der Waals surface area contributed by atoms with Crippen LogP contribution in [0.2, 0.25) is 0 Å². The Labute approximate surface area is 257 Å². The lowest BCUT2D eigenvalue weighted by Crippen LogP contribution is -2.53. The Kier molecular flexibility index (Phi) is 11.2. The number of amides is 2. The van der Waals surface area contributed by atoms with Crippen molar-refractivity contribution in [3.8, 4) is 0 Å². The molecule has 4 aromatic rings. The number of nitrogens with zero attached hydrogens (tertiary/aromatic N) is 2. The Morgan fingerprint density at radius 3 is 2.02 bits per heavy atom. The van der Waals surface area contributed by atoms with Crippen LogP contribution < -0.4 is 9.62 Å². The maximum atomic E-state index is 15.1. The van der Waals surface area contributed by atoms with Crippen LogP contribution in [0.3, 0.4) is 0 Å². The van der Waals surface area contributed by atoms with Gasteiger partial charge < -0.3 is 10.2 Å². The van der Waals surface area contributed by atoms with Crippen molar-refractivity contribution in [3.63, 3.8) is 0 Å². The van der Waals surface area contributed by atoms with Crippen LogP contribution in [0.4, 0.5) is 14.5 Å². The molecule has 2 amide bonds. The number of halogens is 2. The predicted octanol–water partition coefficient (Wildman–Crippen LogP) is 5.72. The molecule has 0 heterocycles. The number of hydrogen-bond acceptors (Lipinski definition) is 4. The molecule has 0 unspecified atom stereocenters. The van der Waals surface area contributed by atoms with Gasteiger partial charge in [-0.05, 0) is 42.3 Å². The van der Waals surface area contributed by atoms with E-state index in [0.29, 0.717) is 17.3 Å². The summed E-state index contributed by atoms with van der Waals surface area (Å²) >= 11 is 0. The zero-order valence-corrected chi connectivity index (χ0v) is 25.2. The van der Waals surface area contributed by atoms with E-state index in [0.717, 1.165) is 18.1 Å². The summed E-state index contributed by atoms with van der Waals surface area (Å²) in [4.78, 5) is 29.0. The third-order valence-electron chi connectivity index (χ3n) is 7.13. The Morgan fingerprint density at radius 1 is 0.795 bits per heavy atom. The SMILES string of the molecule is CCCCNC(=O)[C@@H](Cc1ccccc1)N(Cc1ccccc1F)C(=O)CN(c1ccccc1F)S(=O)(=O)c1ccccc1. The van der Waals surface area contributed by atoms with Crippen molar-refractivity contribution >= 4 is 27.5 Å². The van der Waals surface area contributed by atoms with Gasteiger partial charge in [0.2, 0.25) is 11.8 Å². The molecule has 4 aromatic carbocycles. The van der Waals surface area contributed by atoms with E-state index in [1.165, 1.54) is 65.6 Å². The summed E-state index contributed by atoms with van der Waals surface area (Å²) in [7, 11) is -4.44. The lowest BCUT2D eigenvalue weighted by Gasteiger charge is -2.34. The van der Waals surface area contributed by atoms with E-state index in [9.17, 15) is 22.4 Å². The number of carbonyl (C=O) groups is 2. The van der Waals surface area contributed by atoms with E-state index in [2.05, 4.69) is 5.32 Å². The Morgan fingerprint density at radius 2 is 1.39 bits per heavy atom. The molecule has 0 aromatic heterocycles. The van der Waals surface area contributed by atoms with Crippen LogP contribution in [-0.2, 0) is 32.6 Å². The third kappa shape index (κ3) is 8.08. The van der Waals surface area contributed by atoms with Gasteiger partial charge in [-0.15, -0.1) is 0 Å². The van der Waals surface area contributed by atoms with Crippen LogP contribution in [0.1, 0.15) is 30.9 Å². The van der Waals surface area contributed by atoms with Gasteiger partial charge in [-0.2, -0.15) is 0 Å². The average molecular weight is 620 g/mol. The highest BCUT2D eigenvalue weighted by molar-refractivity contribution is 7.92. The van der Waals surface area contributed by atoms with E-state index in [4.69, 9.17) is 0 Å². The fourth-order valence-electron chi connectivity index (χ4n) is 4.76. The highest BCUT2D eigenvalue weighted by Crippen LogP contribution is 2.27. The van der Waals surface area contributed by atoms with Gasteiger partial charge in [0.15, 0.2) is 0 Å². The average Bonchev–Trinajstić information content (AvgIpc) is 3.03. The minimum Gasteiger partial charge on any atom is -0.354 e. The maximum absolute atomic E-state index is 15.1. The highest BCUT2D eigenvalue weighted by Gasteiger charge is 2.35. The first kappa shape index (κ1) is 32.3. The van der Waals surface area contributed by atoms with Crippen molar-refractivity contribution in [1.29, 1.82) is 0 Å². The third-order valence-corrected chi connectivity index (χ3v) is 8.90. The Bertz CT molecular complexity index is 1650. The fraction of sp³-hybridized carbons (Fsp3) is 0.235. The Hall–Kier alpha value is -4.57. The molecule has 0 spiro atoms. The van der Waals surface area contributed by atoms with Gasteiger partial charge in [0.1, 0.15) is 24.2 Å². The molecule has 4 rings (SSSR count). The summed E-state index contributed by atoms with van der Waals surface area (Å²) in [6, 6.07) is 26.4. The number of carbonyl (C=O) groups excluding carboxylic acids is 2. The number of anilines is 1. The summed E-state index contributed by atoms with van der Waals surface area (Å²) in [6.45, 7) is 1.19. The first-order valence-electron chi connectivity index (χ1n) is 14.4. The molecule has 230 valence electrons. The molecular formula is C34H35F2N3O4S. The molecule has 10 heteroatoms. The zero-order chi connectivity index (χ0) is 31.5. The number of rotatable bonds is 14. The summed E-state index contributed by atoms with van der Waals surface area (Å²) in [5.74, 6) is -2.70. The normalized spacial score (nSPS) is 11.9. The van der Waals surface area contributed by atoms with Crippen molar-refractivity contribution in [2.75, 3.05) is 17.4 Å². The van der Waals surface area contributed by atoms with E-state index in [-0.39, 0.29) is 29.1 Å². The molecule has 0 aliphatic heterocycles. The van der Waals surface area contributed by atoms with Crippen LogP contribution in [0.15, 0.2) is 114 Å². The van der Waals surface area contributed by atoms with Gasteiger partial charge >= 0.3 is 0 Å². The van der Waals surface area contributed by atoms with Crippen molar-refractivity contribution in [2.24, 2.45) is 0 Å². The molecule has 0 radical (unpaired) electrons. The number of sulfonamides is 1. The smallest absolute Gasteiger partial charge is 0.264 e. The first-order chi connectivity index (χ1) is 21.2. The molecule has 7 nitrogen and oxygen atoms in total. The maximum Gasteiger partial charge on any atom is 0.264 e. The van der Waals surface area contributed by atoms with Crippen molar-refractivity contribution in [3.05, 3.63) is 132 Å². The fourth-order valence-corrected chi connectivity index (χ4v) is 6.20. The van der Waals surface area contributed by atoms with Gasteiger partial charge in [0.05, 0.1) is 10.6 Å². The van der Waals surface area contributed by atoms with Gasteiger partial charge in [0.25, 0.3) is 10.0 Å². The summed E-state index contributed by atoms with van der Waals surface area (Å²) in [5, 5.41) is 2.87. The highest BCUT2D eigenvalue weighted by atomic mass is 32.2. The van der Waals surface area contributed by atoms with Crippen molar-refractivity contribution in [2.45, 2.75) is 43.7 Å². The van der Waals surface area contributed by atoms with E-state index in [1.807, 2.05) is 25.1 Å². The van der Waals surface area contributed by atoms with Crippen molar-refractivity contribution in [1.82, 2.24) is 10.2 Å². The van der Waals surface area contributed by atoms with Crippen LogP contribution in [0.25, 0.3) is 0 Å². The number of para-hydroxylation sites is 1. The van der Waals surface area contributed by atoms with Gasteiger partial charge in [0, 0.05) is 25.1 Å². The minimum absolute atomic E-state index is 0.0874. The van der Waals surface area contributed by atoms with Crippen molar-refractivity contribution < 1.29 is 26.8 Å². The Balaban J connectivity index is 1.80.